The van der Waals surface area contributed by atoms with Crippen LogP contribution in [0.5, 0.6) is 0 Å². The first-order chi connectivity index (χ1) is 6.56. The van der Waals surface area contributed by atoms with Crippen LogP contribution in [0.2, 0.25) is 0 Å². The van der Waals surface area contributed by atoms with Gasteiger partial charge in [0.05, 0.1) is 6.61 Å². The third-order valence-electron chi connectivity index (χ3n) is 1.76. The summed E-state index contributed by atoms with van der Waals surface area (Å²) in [6.45, 7) is 5.13. The van der Waals surface area contributed by atoms with Crippen LogP contribution in [0.25, 0.3) is 0 Å². The van der Waals surface area contributed by atoms with Crippen molar-refractivity contribution >= 4 is 11.9 Å². The van der Waals surface area contributed by atoms with Crippen LogP contribution in [0, 0.1) is 0 Å². The summed E-state index contributed by atoms with van der Waals surface area (Å²) in [5, 5.41) is 0. The Morgan fingerprint density at radius 1 is 1.21 bits per heavy atom. The molecule has 0 fully saturated rings. The number of esters is 2. The van der Waals surface area contributed by atoms with Gasteiger partial charge in [-0.25, -0.2) is 0 Å². The molecular formula is C10H18O4. The van der Waals surface area contributed by atoms with Gasteiger partial charge in [0, 0.05) is 13.8 Å². The lowest BCUT2D eigenvalue weighted by molar-refractivity contribution is -0.148. The average Bonchev–Trinajstić information content (AvgIpc) is 2.09. The highest BCUT2D eigenvalue weighted by molar-refractivity contribution is 5.66. The maximum Gasteiger partial charge on any atom is 0.302 e. The van der Waals surface area contributed by atoms with Crippen molar-refractivity contribution in [3.05, 3.63) is 0 Å². The van der Waals surface area contributed by atoms with Crippen LogP contribution in [0.1, 0.15) is 40.0 Å². The highest BCUT2D eigenvalue weighted by Crippen LogP contribution is 2.07. The van der Waals surface area contributed by atoms with Crippen LogP contribution >= 0.6 is 0 Å². The first kappa shape index (κ1) is 12.9. The van der Waals surface area contributed by atoms with Gasteiger partial charge in [0.15, 0.2) is 0 Å². The fourth-order valence-corrected chi connectivity index (χ4v) is 1.11. The molecular weight excluding hydrogens is 184 g/mol. The standard InChI is InChI=1S/C10H18O4/c1-4-10(14-9(3)12)6-5-7-13-8(2)11/h10H,4-7H2,1-3H3/t10-/m0/s1. The minimum atomic E-state index is -0.273. The van der Waals surface area contributed by atoms with Crippen molar-refractivity contribution in [1.82, 2.24) is 0 Å². The summed E-state index contributed by atoms with van der Waals surface area (Å²) in [7, 11) is 0. The zero-order chi connectivity index (χ0) is 11.0. The highest BCUT2D eigenvalue weighted by atomic mass is 16.5. The monoisotopic (exact) mass is 202 g/mol. The van der Waals surface area contributed by atoms with E-state index in [1.54, 1.807) is 0 Å². The van der Waals surface area contributed by atoms with E-state index in [0.717, 1.165) is 19.3 Å². The molecule has 0 N–H and O–H groups in total. The lowest BCUT2D eigenvalue weighted by Crippen LogP contribution is -2.16. The van der Waals surface area contributed by atoms with Crippen LogP contribution in [0.15, 0.2) is 0 Å². The van der Waals surface area contributed by atoms with Gasteiger partial charge >= 0.3 is 11.9 Å². The first-order valence-corrected chi connectivity index (χ1v) is 4.86. The minimum Gasteiger partial charge on any atom is -0.466 e. The smallest absolute Gasteiger partial charge is 0.302 e. The number of carbonyl (C=O) groups excluding carboxylic acids is 2. The molecule has 0 bridgehead atoms. The van der Waals surface area contributed by atoms with E-state index in [-0.39, 0.29) is 18.0 Å². The zero-order valence-corrected chi connectivity index (χ0v) is 9.04. The Hall–Kier alpha value is -1.06. The first-order valence-electron chi connectivity index (χ1n) is 4.86. The zero-order valence-electron chi connectivity index (χ0n) is 9.04. The summed E-state index contributed by atoms with van der Waals surface area (Å²) >= 11 is 0. The quantitative estimate of drug-likeness (QED) is 0.485. The Morgan fingerprint density at radius 3 is 2.29 bits per heavy atom. The molecule has 4 heteroatoms. The molecule has 0 aliphatic carbocycles. The molecule has 0 aromatic rings. The lowest BCUT2D eigenvalue weighted by atomic mass is 10.1. The van der Waals surface area contributed by atoms with E-state index in [0.29, 0.717) is 6.61 Å². The van der Waals surface area contributed by atoms with Crippen LogP contribution in [-0.2, 0) is 19.1 Å². The van der Waals surface area contributed by atoms with Crippen molar-refractivity contribution in [1.29, 1.82) is 0 Å². The number of carbonyl (C=O) groups is 2. The van der Waals surface area contributed by atoms with Gasteiger partial charge in [0.25, 0.3) is 0 Å². The molecule has 1 atom stereocenters. The normalized spacial score (nSPS) is 11.9. The Bertz CT molecular complexity index is 189. The molecule has 0 aliphatic heterocycles. The van der Waals surface area contributed by atoms with Crippen molar-refractivity contribution in [2.24, 2.45) is 0 Å². The van der Waals surface area contributed by atoms with Gasteiger partial charge in [-0.05, 0) is 19.3 Å². The molecule has 0 aromatic heterocycles. The van der Waals surface area contributed by atoms with Gasteiger partial charge in [-0.15, -0.1) is 0 Å². The summed E-state index contributed by atoms with van der Waals surface area (Å²) in [4.78, 5) is 21.1. The van der Waals surface area contributed by atoms with Gasteiger partial charge in [-0.3, -0.25) is 9.59 Å². The summed E-state index contributed by atoms with van der Waals surface area (Å²) in [5.74, 6) is -0.533. The Labute approximate surface area is 84.6 Å². The van der Waals surface area contributed by atoms with Gasteiger partial charge in [-0.2, -0.15) is 0 Å². The van der Waals surface area contributed by atoms with Gasteiger partial charge in [-0.1, -0.05) is 6.92 Å². The highest BCUT2D eigenvalue weighted by Gasteiger charge is 2.08. The topological polar surface area (TPSA) is 52.6 Å². The number of hydrogen-bond acceptors (Lipinski definition) is 4. The average molecular weight is 202 g/mol. The molecule has 0 aromatic carbocycles. The lowest BCUT2D eigenvalue weighted by Gasteiger charge is -2.14. The molecule has 0 aliphatic rings. The Kier molecular flexibility index (Phi) is 6.80. The van der Waals surface area contributed by atoms with E-state index >= 15 is 0 Å². The minimum absolute atomic E-state index is 0.0527. The van der Waals surface area contributed by atoms with Crippen molar-refractivity contribution in [3.8, 4) is 0 Å². The Morgan fingerprint density at radius 2 is 1.86 bits per heavy atom. The van der Waals surface area contributed by atoms with E-state index in [1.165, 1.54) is 13.8 Å². The summed E-state index contributed by atoms with van der Waals surface area (Å²) in [6.07, 6.45) is 2.21. The second-order valence-electron chi connectivity index (χ2n) is 3.12. The largest absolute Gasteiger partial charge is 0.466 e. The van der Waals surface area contributed by atoms with Crippen LogP contribution in [0.4, 0.5) is 0 Å². The summed E-state index contributed by atoms with van der Waals surface area (Å²) in [5.41, 5.74) is 0. The fraction of sp³-hybridized carbons (Fsp3) is 0.800. The van der Waals surface area contributed by atoms with E-state index in [1.807, 2.05) is 6.92 Å². The van der Waals surface area contributed by atoms with E-state index in [2.05, 4.69) is 0 Å². The van der Waals surface area contributed by atoms with Crippen LogP contribution in [0.3, 0.4) is 0 Å². The Balaban J connectivity index is 3.52. The molecule has 4 nitrogen and oxygen atoms in total. The second-order valence-corrected chi connectivity index (χ2v) is 3.12. The molecule has 0 radical (unpaired) electrons. The number of ether oxygens (including phenoxy) is 2. The van der Waals surface area contributed by atoms with Crippen LogP contribution < -0.4 is 0 Å². The fourth-order valence-electron chi connectivity index (χ4n) is 1.11. The molecule has 0 unspecified atom stereocenters. The maximum absolute atomic E-state index is 10.6. The molecule has 0 spiro atoms. The molecule has 14 heavy (non-hydrogen) atoms. The van der Waals surface area contributed by atoms with Crippen LogP contribution in [-0.4, -0.2) is 24.6 Å². The predicted molar refractivity (Wildman–Crippen MR) is 51.7 cm³/mol. The van der Waals surface area contributed by atoms with Gasteiger partial charge < -0.3 is 9.47 Å². The van der Waals surface area contributed by atoms with E-state index in [9.17, 15) is 9.59 Å². The molecule has 0 amide bonds. The predicted octanol–water partition coefficient (Wildman–Crippen LogP) is 1.67. The SMILES string of the molecule is CC[C@@H](CCCOC(C)=O)OC(C)=O. The molecule has 0 saturated heterocycles. The molecule has 82 valence electrons. The third-order valence-corrected chi connectivity index (χ3v) is 1.76. The maximum atomic E-state index is 10.6. The molecule has 0 saturated carbocycles. The van der Waals surface area contributed by atoms with Gasteiger partial charge in [0.2, 0.25) is 0 Å². The second kappa shape index (κ2) is 7.35. The summed E-state index contributed by atoms with van der Waals surface area (Å²) < 4.78 is 9.79. The third kappa shape index (κ3) is 7.58. The van der Waals surface area contributed by atoms with Crippen molar-refractivity contribution in [2.75, 3.05) is 6.61 Å². The number of rotatable bonds is 6. The summed E-state index contributed by atoms with van der Waals surface area (Å²) in [6, 6.07) is 0. The van der Waals surface area contributed by atoms with E-state index < -0.39 is 0 Å². The van der Waals surface area contributed by atoms with Crippen molar-refractivity contribution in [3.63, 3.8) is 0 Å². The van der Waals surface area contributed by atoms with Crippen molar-refractivity contribution < 1.29 is 19.1 Å². The van der Waals surface area contributed by atoms with E-state index in [4.69, 9.17) is 9.47 Å². The number of hydrogen-bond donors (Lipinski definition) is 0. The molecule has 0 heterocycles. The van der Waals surface area contributed by atoms with Crippen molar-refractivity contribution in [2.45, 2.75) is 46.1 Å². The molecule has 0 rings (SSSR count). The van der Waals surface area contributed by atoms with Gasteiger partial charge in [0.1, 0.15) is 6.10 Å².